The minimum Gasteiger partial charge on any atom is -0.385 e. The summed E-state index contributed by atoms with van der Waals surface area (Å²) in [6.07, 6.45) is 9.01. The zero-order valence-electron chi connectivity index (χ0n) is 16.5. The minimum absolute atomic E-state index is 0.0226. The second-order valence-corrected chi connectivity index (χ2v) is 7.47. The molecule has 5 rings (SSSR count). The number of nitrogens with one attached hydrogen (secondary N) is 4. The van der Waals surface area contributed by atoms with E-state index in [9.17, 15) is 4.79 Å². The summed E-state index contributed by atoms with van der Waals surface area (Å²) in [6, 6.07) is 3.89. The van der Waals surface area contributed by atoms with Crippen LogP contribution in [-0.2, 0) is 4.79 Å². The topological polar surface area (TPSA) is 124 Å². The van der Waals surface area contributed by atoms with Gasteiger partial charge in [-0.1, -0.05) is 13.8 Å². The summed E-state index contributed by atoms with van der Waals surface area (Å²) < 4.78 is 0. The fourth-order valence-corrected chi connectivity index (χ4v) is 3.33. The Bertz CT molecular complexity index is 1290. The number of nitrogens with zero attached hydrogens (tertiary/aromatic N) is 4. The third-order valence-corrected chi connectivity index (χ3v) is 4.97. The zero-order valence-corrected chi connectivity index (χ0v) is 16.5. The predicted octanol–water partition coefficient (Wildman–Crippen LogP) is 2.50. The number of fused-ring (bicyclic) bond motifs is 2. The van der Waals surface area contributed by atoms with E-state index in [2.05, 4.69) is 40.8 Å². The van der Waals surface area contributed by atoms with Gasteiger partial charge in [0.15, 0.2) is 11.5 Å². The van der Waals surface area contributed by atoms with Crippen molar-refractivity contribution in [2.24, 2.45) is 5.92 Å². The molecule has 0 radical (unpaired) electrons. The standard InChI is InChI=1S/C21H20N8O/c1-11(2)21(30)25-14-5-12(7-23-9-14)13-6-15-18(28-29-19(15)24-8-13)20-26-16-3-4-22-10-17(16)27-20/h3-6,8-11,23H,7H2,1-2H3,(H,25,30)(H,26,27)(H,24,28,29). The summed E-state index contributed by atoms with van der Waals surface area (Å²) in [7, 11) is 0. The number of aromatic nitrogens is 6. The lowest BCUT2D eigenvalue weighted by Gasteiger charge is -2.17. The van der Waals surface area contributed by atoms with Crippen molar-refractivity contribution in [2.45, 2.75) is 13.8 Å². The number of dihydropyridines is 1. The Hall–Kier alpha value is -4.01. The van der Waals surface area contributed by atoms with Crippen LogP contribution in [0.4, 0.5) is 0 Å². The number of amides is 1. The number of pyridine rings is 2. The van der Waals surface area contributed by atoms with Crippen LogP contribution < -0.4 is 10.6 Å². The number of aromatic amines is 2. The smallest absolute Gasteiger partial charge is 0.226 e. The number of carbonyl (C=O) groups is 1. The van der Waals surface area contributed by atoms with Gasteiger partial charge in [0.1, 0.15) is 5.69 Å². The van der Waals surface area contributed by atoms with Gasteiger partial charge in [0.2, 0.25) is 5.91 Å². The molecule has 150 valence electrons. The molecular formula is C21H20N8O. The molecule has 0 atom stereocenters. The van der Waals surface area contributed by atoms with E-state index in [0.29, 0.717) is 18.0 Å². The number of rotatable bonds is 4. The number of carbonyl (C=O) groups excluding carboxylic acids is 1. The van der Waals surface area contributed by atoms with Crippen molar-refractivity contribution in [2.75, 3.05) is 6.54 Å². The molecule has 30 heavy (non-hydrogen) atoms. The average molecular weight is 400 g/mol. The molecule has 0 saturated heterocycles. The summed E-state index contributed by atoms with van der Waals surface area (Å²) in [6.45, 7) is 4.37. The minimum atomic E-state index is -0.0878. The fraction of sp³-hybridized carbons (Fsp3) is 0.190. The third kappa shape index (κ3) is 3.20. The first kappa shape index (κ1) is 18.0. The van der Waals surface area contributed by atoms with E-state index in [-0.39, 0.29) is 11.8 Å². The molecule has 1 aliphatic rings. The quantitative estimate of drug-likeness (QED) is 0.417. The lowest BCUT2D eigenvalue weighted by atomic mass is 10.0. The maximum absolute atomic E-state index is 12.0. The number of hydrogen-bond donors (Lipinski definition) is 4. The molecule has 0 aliphatic carbocycles. The van der Waals surface area contributed by atoms with Crippen LogP contribution in [0.25, 0.3) is 39.2 Å². The largest absolute Gasteiger partial charge is 0.385 e. The summed E-state index contributed by atoms with van der Waals surface area (Å²) in [5.41, 5.74) is 5.76. The zero-order chi connectivity index (χ0) is 20.7. The molecule has 4 aromatic heterocycles. The molecule has 4 N–H and O–H groups in total. The van der Waals surface area contributed by atoms with Crippen molar-refractivity contribution in [3.05, 3.63) is 54.3 Å². The van der Waals surface area contributed by atoms with E-state index < -0.39 is 0 Å². The lowest BCUT2D eigenvalue weighted by Crippen LogP contribution is -2.29. The number of H-pyrrole nitrogens is 2. The van der Waals surface area contributed by atoms with Crippen LogP contribution in [0.15, 0.2) is 48.7 Å². The summed E-state index contributed by atoms with van der Waals surface area (Å²) in [4.78, 5) is 28.5. The Morgan fingerprint density at radius 2 is 2.17 bits per heavy atom. The van der Waals surface area contributed by atoms with Crippen LogP contribution in [0.5, 0.6) is 0 Å². The highest BCUT2D eigenvalue weighted by Crippen LogP contribution is 2.28. The van der Waals surface area contributed by atoms with Crippen molar-refractivity contribution in [3.8, 4) is 11.5 Å². The van der Waals surface area contributed by atoms with Gasteiger partial charge in [-0.15, -0.1) is 0 Å². The molecule has 0 fully saturated rings. The van der Waals surface area contributed by atoms with E-state index >= 15 is 0 Å². The van der Waals surface area contributed by atoms with E-state index in [4.69, 9.17) is 0 Å². The Balaban J connectivity index is 1.52. The van der Waals surface area contributed by atoms with E-state index in [1.165, 1.54) is 0 Å². The maximum Gasteiger partial charge on any atom is 0.226 e. The Labute approximate surface area is 171 Å². The van der Waals surface area contributed by atoms with Crippen LogP contribution >= 0.6 is 0 Å². The summed E-state index contributed by atoms with van der Waals surface area (Å²) in [5.74, 6) is 0.570. The van der Waals surface area contributed by atoms with Crippen LogP contribution in [0.1, 0.15) is 19.4 Å². The van der Waals surface area contributed by atoms with Gasteiger partial charge in [0.05, 0.1) is 28.3 Å². The monoisotopic (exact) mass is 400 g/mol. The van der Waals surface area contributed by atoms with Crippen molar-refractivity contribution in [1.29, 1.82) is 0 Å². The van der Waals surface area contributed by atoms with E-state index in [1.807, 2.05) is 38.3 Å². The highest BCUT2D eigenvalue weighted by molar-refractivity contribution is 5.93. The maximum atomic E-state index is 12.0. The lowest BCUT2D eigenvalue weighted by molar-refractivity contribution is -0.123. The molecule has 9 heteroatoms. The van der Waals surface area contributed by atoms with Crippen molar-refractivity contribution < 1.29 is 4.79 Å². The van der Waals surface area contributed by atoms with Crippen LogP contribution in [0.2, 0.25) is 0 Å². The first-order valence-corrected chi connectivity index (χ1v) is 9.68. The van der Waals surface area contributed by atoms with Gasteiger partial charge in [0, 0.05) is 31.1 Å². The molecule has 0 spiro atoms. The van der Waals surface area contributed by atoms with Crippen molar-refractivity contribution in [1.82, 2.24) is 40.8 Å². The molecule has 0 bridgehead atoms. The van der Waals surface area contributed by atoms with Gasteiger partial charge in [-0.05, 0) is 29.3 Å². The predicted molar refractivity (Wildman–Crippen MR) is 114 cm³/mol. The molecule has 1 amide bonds. The number of hydrogen-bond acceptors (Lipinski definition) is 6. The Morgan fingerprint density at radius 1 is 1.27 bits per heavy atom. The first-order valence-electron chi connectivity index (χ1n) is 9.68. The molecular weight excluding hydrogens is 380 g/mol. The Morgan fingerprint density at radius 3 is 3.00 bits per heavy atom. The van der Waals surface area contributed by atoms with Gasteiger partial charge in [0.25, 0.3) is 0 Å². The van der Waals surface area contributed by atoms with Crippen molar-refractivity contribution >= 4 is 33.5 Å². The number of allylic oxidation sites excluding steroid dienone is 1. The molecule has 4 aromatic rings. The van der Waals surface area contributed by atoms with E-state index in [1.54, 1.807) is 18.6 Å². The van der Waals surface area contributed by atoms with Gasteiger partial charge in [-0.3, -0.25) is 14.9 Å². The summed E-state index contributed by atoms with van der Waals surface area (Å²) >= 11 is 0. The first-order chi connectivity index (χ1) is 14.6. The SMILES string of the molecule is CC(C)C(=O)NC1=CNCC(c2cnc3n[nH]c(-c4nc5ccncc5[nH]4)c3c2)=C1. The Kier molecular flexibility index (Phi) is 4.27. The molecule has 0 saturated carbocycles. The molecule has 0 aromatic carbocycles. The van der Waals surface area contributed by atoms with Crippen LogP contribution in [0, 0.1) is 5.92 Å². The average Bonchev–Trinajstić information content (AvgIpc) is 3.37. The highest BCUT2D eigenvalue weighted by atomic mass is 16.1. The molecule has 1 aliphatic heterocycles. The number of imidazole rings is 1. The molecule has 5 heterocycles. The normalized spacial score (nSPS) is 14.0. The van der Waals surface area contributed by atoms with Gasteiger partial charge in [-0.2, -0.15) is 5.10 Å². The van der Waals surface area contributed by atoms with Gasteiger partial charge < -0.3 is 15.6 Å². The van der Waals surface area contributed by atoms with Gasteiger partial charge in [-0.25, -0.2) is 9.97 Å². The van der Waals surface area contributed by atoms with Crippen LogP contribution in [-0.4, -0.2) is 42.6 Å². The second kappa shape index (κ2) is 7.11. The van der Waals surface area contributed by atoms with Crippen LogP contribution in [0.3, 0.4) is 0 Å². The molecule has 0 unspecified atom stereocenters. The fourth-order valence-electron chi connectivity index (χ4n) is 3.33. The highest BCUT2D eigenvalue weighted by Gasteiger charge is 2.16. The summed E-state index contributed by atoms with van der Waals surface area (Å²) in [5, 5.41) is 14.3. The van der Waals surface area contributed by atoms with Gasteiger partial charge >= 0.3 is 0 Å². The third-order valence-electron chi connectivity index (χ3n) is 4.97. The van der Waals surface area contributed by atoms with Crippen molar-refractivity contribution in [3.63, 3.8) is 0 Å². The van der Waals surface area contributed by atoms with E-state index in [0.717, 1.165) is 38.9 Å². The molecule has 9 nitrogen and oxygen atoms in total. The second-order valence-electron chi connectivity index (χ2n) is 7.47.